The molecule has 0 aliphatic rings. The number of para-hydroxylation sites is 2. The second-order valence-corrected chi connectivity index (χ2v) is 12.9. The van der Waals surface area contributed by atoms with Crippen molar-refractivity contribution >= 4 is 71.3 Å². The molecule has 0 bridgehead atoms. The summed E-state index contributed by atoms with van der Waals surface area (Å²) in [4.78, 5) is 2.40. The van der Waals surface area contributed by atoms with Gasteiger partial charge in [0, 0.05) is 33.0 Å². The first-order valence-electron chi connectivity index (χ1n) is 17.1. The molecule has 1 aromatic heterocycles. The SMILES string of the molecule is c1ccc(N(c2ccc(-c3cccc4ccccc34)cc2)c2cccc3ccccc23)c(-c2cccc3c2oc2cc4ccccc4cc23)c1. The smallest absolute Gasteiger partial charge is 0.143 e. The van der Waals surface area contributed by atoms with Crippen molar-refractivity contribution in [2.75, 3.05) is 4.90 Å². The van der Waals surface area contributed by atoms with E-state index in [1.54, 1.807) is 0 Å². The van der Waals surface area contributed by atoms with E-state index in [1.807, 2.05) is 0 Å². The zero-order valence-electron chi connectivity index (χ0n) is 27.3. The van der Waals surface area contributed by atoms with E-state index in [-0.39, 0.29) is 0 Å². The van der Waals surface area contributed by atoms with E-state index in [4.69, 9.17) is 4.42 Å². The molecule has 2 nitrogen and oxygen atoms in total. The maximum atomic E-state index is 6.74. The Kier molecular flexibility index (Phi) is 6.53. The van der Waals surface area contributed by atoms with Crippen LogP contribution in [0.15, 0.2) is 192 Å². The molecule has 0 fully saturated rings. The summed E-state index contributed by atoms with van der Waals surface area (Å²) in [5, 5.41) is 9.53. The number of benzene rings is 9. The number of nitrogens with zero attached hydrogens (tertiary/aromatic N) is 1. The predicted octanol–water partition coefficient (Wildman–Crippen LogP) is 13.8. The van der Waals surface area contributed by atoms with Gasteiger partial charge in [0.1, 0.15) is 11.2 Å². The molecule has 0 atom stereocenters. The van der Waals surface area contributed by atoms with Crippen LogP contribution in [0.2, 0.25) is 0 Å². The summed E-state index contributed by atoms with van der Waals surface area (Å²) in [5.41, 5.74) is 9.68. The third-order valence-electron chi connectivity index (χ3n) is 10.0. The van der Waals surface area contributed by atoms with E-state index < -0.39 is 0 Å². The zero-order valence-corrected chi connectivity index (χ0v) is 27.3. The Balaban J connectivity index is 1.19. The van der Waals surface area contributed by atoms with Crippen LogP contribution in [0.4, 0.5) is 17.1 Å². The molecule has 1 heterocycles. The minimum absolute atomic E-state index is 0.898. The number of hydrogen-bond donors (Lipinski definition) is 0. The van der Waals surface area contributed by atoms with E-state index in [2.05, 4.69) is 193 Å². The number of fused-ring (bicyclic) bond motifs is 6. The predicted molar refractivity (Wildman–Crippen MR) is 212 cm³/mol. The van der Waals surface area contributed by atoms with Crippen LogP contribution in [0.25, 0.3) is 76.5 Å². The second-order valence-electron chi connectivity index (χ2n) is 12.9. The molecule has 0 aliphatic carbocycles. The van der Waals surface area contributed by atoms with Crippen LogP contribution < -0.4 is 4.90 Å². The highest BCUT2D eigenvalue weighted by Gasteiger charge is 2.22. The summed E-state index contributed by atoms with van der Waals surface area (Å²) < 4.78 is 6.74. The summed E-state index contributed by atoms with van der Waals surface area (Å²) >= 11 is 0. The van der Waals surface area contributed by atoms with Crippen molar-refractivity contribution in [2.24, 2.45) is 0 Å². The van der Waals surface area contributed by atoms with E-state index in [1.165, 1.54) is 43.4 Å². The normalized spacial score (nSPS) is 11.6. The molecule has 0 saturated heterocycles. The van der Waals surface area contributed by atoms with Gasteiger partial charge >= 0.3 is 0 Å². The summed E-state index contributed by atoms with van der Waals surface area (Å²) in [6.07, 6.45) is 0. The Bertz CT molecular complexity index is 2870. The van der Waals surface area contributed by atoms with Crippen molar-refractivity contribution in [3.63, 3.8) is 0 Å². The first-order valence-corrected chi connectivity index (χ1v) is 17.1. The van der Waals surface area contributed by atoms with Gasteiger partial charge in [-0.2, -0.15) is 0 Å². The van der Waals surface area contributed by atoms with Crippen LogP contribution in [0.5, 0.6) is 0 Å². The summed E-state index contributed by atoms with van der Waals surface area (Å²) in [6, 6.07) is 67.5. The lowest BCUT2D eigenvalue weighted by Gasteiger charge is -2.29. The summed E-state index contributed by atoms with van der Waals surface area (Å²) in [6.45, 7) is 0. The van der Waals surface area contributed by atoms with E-state index >= 15 is 0 Å². The summed E-state index contributed by atoms with van der Waals surface area (Å²) in [7, 11) is 0. The van der Waals surface area contributed by atoms with Gasteiger partial charge in [0.25, 0.3) is 0 Å². The minimum Gasteiger partial charge on any atom is -0.455 e. The molecule has 10 aromatic rings. The molecule has 0 unspecified atom stereocenters. The number of rotatable bonds is 5. The molecule has 234 valence electrons. The standard InChI is InChI=1S/C48H31NO/c1-2-15-36-31-47-44(30-35(36)14-1)43-23-11-22-42(48(43)50-47)41-20-7-8-24-46(41)49(45-25-10-17-33-13-4-6-19-40(33)45)37-28-26-34(27-29-37)39-21-9-16-32-12-3-5-18-38(32)39/h1-31H. The Morgan fingerprint density at radius 3 is 1.70 bits per heavy atom. The van der Waals surface area contributed by atoms with Crippen molar-refractivity contribution in [3.8, 4) is 22.3 Å². The van der Waals surface area contributed by atoms with E-state index in [0.29, 0.717) is 0 Å². The average Bonchev–Trinajstić information content (AvgIpc) is 3.55. The van der Waals surface area contributed by atoms with Crippen LogP contribution in [-0.2, 0) is 0 Å². The highest BCUT2D eigenvalue weighted by Crippen LogP contribution is 2.46. The van der Waals surface area contributed by atoms with E-state index in [9.17, 15) is 0 Å². The number of furan rings is 1. The molecule has 0 amide bonds. The molecular formula is C48H31NO. The third-order valence-corrected chi connectivity index (χ3v) is 10.0. The number of anilines is 3. The topological polar surface area (TPSA) is 16.4 Å². The molecule has 0 aliphatic heterocycles. The largest absolute Gasteiger partial charge is 0.455 e. The lowest BCUT2D eigenvalue weighted by molar-refractivity contribution is 0.670. The Morgan fingerprint density at radius 1 is 0.340 bits per heavy atom. The monoisotopic (exact) mass is 637 g/mol. The lowest BCUT2D eigenvalue weighted by Crippen LogP contribution is -2.11. The second kappa shape index (κ2) is 11.5. The molecule has 0 radical (unpaired) electrons. The molecule has 50 heavy (non-hydrogen) atoms. The van der Waals surface area contributed by atoms with Crippen molar-refractivity contribution in [1.29, 1.82) is 0 Å². The summed E-state index contributed by atoms with van der Waals surface area (Å²) in [5.74, 6) is 0. The fraction of sp³-hybridized carbons (Fsp3) is 0. The molecule has 9 aromatic carbocycles. The van der Waals surface area contributed by atoms with Crippen molar-refractivity contribution in [3.05, 3.63) is 188 Å². The average molecular weight is 638 g/mol. The first kappa shape index (κ1) is 28.4. The maximum absolute atomic E-state index is 6.74. The molecule has 2 heteroatoms. The van der Waals surface area contributed by atoms with Gasteiger partial charge in [-0.25, -0.2) is 0 Å². The van der Waals surface area contributed by atoms with Gasteiger partial charge in [-0.1, -0.05) is 152 Å². The third kappa shape index (κ3) is 4.57. The molecule has 0 saturated carbocycles. The Labute approximate surface area is 290 Å². The van der Waals surface area contributed by atoms with Crippen LogP contribution >= 0.6 is 0 Å². The van der Waals surface area contributed by atoms with Crippen LogP contribution in [0.1, 0.15) is 0 Å². The highest BCUT2D eigenvalue weighted by molar-refractivity contribution is 6.14. The van der Waals surface area contributed by atoms with Gasteiger partial charge in [-0.05, 0) is 74.5 Å². The van der Waals surface area contributed by atoms with Crippen LogP contribution in [0.3, 0.4) is 0 Å². The zero-order chi connectivity index (χ0) is 33.0. The van der Waals surface area contributed by atoms with E-state index in [0.717, 1.165) is 50.1 Å². The molecular weight excluding hydrogens is 607 g/mol. The molecule has 0 N–H and O–H groups in total. The number of hydrogen-bond acceptors (Lipinski definition) is 2. The van der Waals surface area contributed by atoms with Crippen molar-refractivity contribution in [1.82, 2.24) is 0 Å². The van der Waals surface area contributed by atoms with Crippen LogP contribution in [0, 0.1) is 0 Å². The maximum Gasteiger partial charge on any atom is 0.143 e. The van der Waals surface area contributed by atoms with Crippen LogP contribution in [-0.4, -0.2) is 0 Å². The Morgan fingerprint density at radius 2 is 0.880 bits per heavy atom. The van der Waals surface area contributed by atoms with Crippen molar-refractivity contribution < 1.29 is 4.42 Å². The lowest BCUT2D eigenvalue weighted by atomic mass is 9.97. The highest BCUT2D eigenvalue weighted by atomic mass is 16.3. The van der Waals surface area contributed by atoms with Gasteiger partial charge in [0.2, 0.25) is 0 Å². The van der Waals surface area contributed by atoms with Gasteiger partial charge in [0.15, 0.2) is 0 Å². The van der Waals surface area contributed by atoms with Crippen molar-refractivity contribution in [2.45, 2.75) is 0 Å². The first-order chi connectivity index (χ1) is 24.8. The Hall–Kier alpha value is -6.64. The fourth-order valence-electron chi connectivity index (χ4n) is 7.67. The molecule has 10 rings (SSSR count). The molecule has 0 spiro atoms. The van der Waals surface area contributed by atoms with Gasteiger partial charge in [-0.15, -0.1) is 0 Å². The quantitative estimate of drug-likeness (QED) is 0.187. The van der Waals surface area contributed by atoms with Gasteiger partial charge in [0.05, 0.1) is 11.4 Å². The fourth-order valence-corrected chi connectivity index (χ4v) is 7.67. The minimum atomic E-state index is 0.898. The van der Waals surface area contributed by atoms with Gasteiger partial charge in [-0.3, -0.25) is 0 Å². The van der Waals surface area contributed by atoms with Gasteiger partial charge < -0.3 is 9.32 Å².